The Morgan fingerprint density at radius 1 is 1.00 bits per heavy atom. The highest BCUT2D eigenvalue weighted by Gasteiger charge is 2.19. The number of rotatable bonds is 4. The van der Waals surface area contributed by atoms with E-state index in [0.717, 1.165) is 5.75 Å². The first-order chi connectivity index (χ1) is 8.69. The normalized spacial score (nSPS) is 13.2. The molecule has 0 bridgehead atoms. The molecule has 0 aliphatic rings. The van der Waals surface area contributed by atoms with Gasteiger partial charge in [-0.25, -0.2) is 0 Å². The SMILES string of the molecule is CC(C)C(C)C(=O)Oc1ccc(OC(C)(C)C)cc1. The van der Waals surface area contributed by atoms with E-state index in [9.17, 15) is 4.79 Å². The highest BCUT2D eigenvalue weighted by Crippen LogP contribution is 2.22. The molecule has 1 rings (SSSR count). The standard InChI is InChI=1S/C16H24O3/c1-11(2)12(3)15(17)18-13-7-9-14(10-8-13)19-16(4,5)6/h7-12H,1-6H3. The Morgan fingerprint density at radius 3 is 1.89 bits per heavy atom. The van der Waals surface area contributed by atoms with E-state index in [1.807, 2.05) is 53.7 Å². The first kappa shape index (κ1) is 15.5. The fourth-order valence-corrected chi connectivity index (χ4v) is 1.41. The molecule has 3 heteroatoms. The zero-order valence-electron chi connectivity index (χ0n) is 12.7. The molecule has 0 saturated heterocycles. The number of hydrogen-bond donors (Lipinski definition) is 0. The van der Waals surface area contributed by atoms with Gasteiger partial charge in [0.25, 0.3) is 0 Å². The first-order valence-corrected chi connectivity index (χ1v) is 6.70. The van der Waals surface area contributed by atoms with Crippen LogP contribution in [0.25, 0.3) is 0 Å². The average molecular weight is 264 g/mol. The molecule has 0 aliphatic heterocycles. The Bertz CT molecular complexity index is 413. The summed E-state index contributed by atoms with van der Waals surface area (Å²) in [5.74, 6) is 1.30. The number of esters is 1. The summed E-state index contributed by atoms with van der Waals surface area (Å²) in [7, 11) is 0. The molecule has 0 N–H and O–H groups in total. The predicted octanol–water partition coefficient (Wildman–Crippen LogP) is 4.06. The third kappa shape index (κ3) is 5.33. The quantitative estimate of drug-likeness (QED) is 0.607. The van der Waals surface area contributed by atoms with E-state index >= 15 is 0 Å². The van der Waals surface area contributed by atoms with Gasteiger partial charge in [0.05, 0.1) is 5.92 Å². The molecule has 19 heavy (non-hydrogen) atoms. The van der Waals surface area contributed by atoms with Crippen LogP contribution in [0.5, 0.6) is 11.5 Å². The van der Waals surface area contributed by atoms with Crippen LogP contribution < -0.4 is 9.47 Å². The maximum absolute atomic E-state index is 11.8. The van der Waals surface area contributed by atoms with Gasteiger partial charge in [0.2, 0.25) is 0 Å². The third-order valence-corrected chi connectivity index (χ3v) is 2.84. The van der Waals surface area contributed by atoms with E-state index in [-0.39, 0.29) is 23.4 Å². The molecular weight excluding hydrogens is 240 g/mol. The second-order valence-corrected chi connectivity index (χ2v) is 6.14. The molecule has 106 valence electrons. The number of ether oxygens (including phenoxy) is 2. The predicted molar refractivity (Wildman–Crippen MR) is 76.5 cm³/mol. The van der Waals surface area contributed by atoms with Crippen molar-refractivity contribution in [2.45, 2.75) is 47.1 Å². The molecule has 0 saturated carbocycles. The molecule has 0 fully saturated rings. The van der Waals surface area contributed by atoms with Crippen LogP contribution in [0.3, 0.4) is 0 Å². The molecule has 0 spiro atoms. The van der Waals surface area contributed by atoms with Crippen molar-refractivity contribution in [2.24, 2.45) is 11.8 Å². The summed E-state index contributed by atoms with van der Waals surface area (Å²) in [6.07, 6.45) is 0. The van der Waals surface area contributed by atoms with Gasteiger partial charge in [-0.15, -0.1) is 0 Å². The monoisotopic (exact) mass is 264 g/mol. The minimum atomic E-state index is -0.232. The minimum absolute atomic E-state index is 0.106. The number of carbonyl (C=O) groups excluding carboxylic acids is 1. The Labute approximate surface area is 115 Å². The molecule has 1 aromatic carbocycles. The molecule has 1 aromatic rings. The molecule has 0 radical (unpaired) electrons. The summed E-state index contributed by atoms with van der Waals surface area (Å²) in [6, 6.07) is 7.14. The summed E-state index contributed by atoms with van der Waals surface area (Å²) in [5, 5.41) is 0. The van der Waals surface area contributed by atoms with Gasteiger partial charge in [-0.1, -0.05) is 20.8 Å². The van der Waals surface area contributed by atoms with Crippen molar-refractivity contribution in [3.8, 4) is 11.5 Å². The van der Waals surface area contributed by atoms with Gasteiger partial charge in [0.15, 0.2) is 0 Å². The molecule has 0 aromatic heterocycles. The maximum Gasteiger partial charge on any atom is 0.314 e. The first-order valence-electron chi connectivity index (χ1n) is 6.70. The van der Waals surface area contributed by atoms with Crippen LogP contribution in [0.4, 0.5) is 0 Å². The van der Waals surface area contributed by atoms with E-state index in [1.165, 1.54) is 0 Å². The smallest absolute Gasteiger partial charge is 0.314 e. The van der Waals surface area contributed by atoms with E-state index in [4.69, 9.17) is 9.47 Å². The van der Waals surface area contributed by atoms with Gasteiger partial charge in [-0.05, 0) is 51.0 Å². The largest absolute Gasteiger partial charge is 0.488 e. The third-order valence-electron chi connectivity index (χ3n) is 2.84. The van der Waals surface area contributed by atoms with Crippen molar-refractivity contribution in [3.05, 3.63) is 24.3 Å². The highest BCUT2D eigenvalue weighted by molar-refractivity contribution is 5.75. The van der Waals surface area contributed by atoms with Crippen molar-refractivity contribution in [3.63, 3.8) is 0 Å². The van der Waals surface area contributed by atoms with Crippen molar-refractivity contribution in [2.75, 3.05) is 0 Å². The number of benzene rings is 1. The molecule has 0 aliphatic carbocycles. The lowest BCUT2D eigenvalue weighted by Crippen LogP contribution is -2.23. The zero-order valence-corrected chi connectivity index (χ0v) is 12.7. The van der Waals surface area contributed by atoms with Gasteiger partial charge < -0.3 is 9.47 Å². The molecule has 3 nitrogen and oxygen atoms in total. The van der Waals surface area contributed by atoms with Crippen LogP contribution in [-0.2, 0) is 4.79 Å². The van der Waals surface area contributed by atoms with Gasteiger partial charge >= 0.3 is 5.97 Å². The van der Waals surface area contributed by atoms with Crippen LogP contribution in [0.15, 0.2) is 24.3 Å². The zero-order chi connectivity index (χ0) is 14.6. The summed E-state index contributed by atoms with van der Waals surface area (Å²) in [4.78, 5) is 11.8. The summed E-state index contributed by atoms with van der Waals surface area (Å²) >= 11 is 0. The summed E-state index contributed by atoms with van der Waals surface area (Å²) in [5.41, 5.74) is -0.232. The summed E-state index contributed by atoms with van der Waals surface area (Å²) < 4.78 is 11.0. The Balaban J connectivity index is 2.65. The van der Waals surface area contributed by atoms with Crippen molar-refractivity contribution < 1.29 is 14.3 Å². The lowest BCUT2D eigenvalue weighted by atomic mass is 9.99. The van der Waals surface area contributed by atoms with Crippen LogP contribution in [0.1, 0.15) is 41.5 Å². The lowest BCUT2D eigenvalue weighted by Gasteiger charge is -2.21. The average Bonchev–Trinajstić information content (AvgIpc) is 2.28. The van der Waals surface area contributed by atoms with Crippen LogP contribution in [0, 0.1) is 11.8 Å². The highest BCUT2D eigenvalue weighted by atomic mass is 16.5. The van der Waals surface area contributed by atoms with Crippen LogP contribution in [-0.4, -0.2) is 11.6 Å². The van der Waals surface area contributed by atoms with Crippen molar-refractivity contribution in [1.29, 1.82) is 0 Å². The second kappa shape index (κ2) is 6.09. The molecule has 1 atom stereocenters. The second-order valence-electron chi connectivity index (χ2n) is 6.14. The molecular formula is C16H24O3. The van der Waals surface area contributed by atoms with Gasteiger partial charge in [0.1, 0.15) is 17.1 Å². The Hall–Kier alpha value is -1.51. The fraction of sp³-hybridized carbons (Fsp3) is 0.562. The van der Waals surface area contributed by atoms with Gasteiger partial charge in [-0.2, -0.15) is 0 Å². The Kier molecular flexibility index (Phi) is 4.98. The summed E-state index contributed by atoms with van der Waals surface area (Å²) in [6.45, 7) is 11.9. The van der Waals surface area contributed by atoms with Crippen LogP contribution >= 0.6 is 0 Å². The van der Waals surface area contributed by atoms with E-state index in [0.29, 0.717) is 5.75 Å². The van der Waals surface area contributed by atoms with Crippen molar-refractivity contribution >= 4 is 5.97 Å². The Morgan fingerprint density at radius 2 is 1.47 bits per heavy atom. The van der Waals surface area contributed by atoms with Crippen LogP contribution in [0.2, 0.25) is 0 Å². The number of hydrogen-bond acceptors (Lipinski definition) is 3. The lowest BCUT2D eigenvalue weighted by molar-refractivity contribution is -0.139. The minimum Gasteiger partial charge on any atom is -0.488 e. The topological polar surface area (TPSA) is 35.5 Å². The number of carbonyl (C=O) groups is 1. The fourth-order valence-electron chi connectivity index (χ4n) is 1.41. The molecule has 0 heterocycles. The molecule has 0 amide bonds. The van der Waals surface area contributed by atoms with E-state index in [2.05, 4.69) is 0 Å². The van der Waals surface area contributed by atoms with Gasteiger partial charge in [-0.3, -0.25) is 4.79 Å². The molecule has 1 unspecified atom stereocenters. The maximum atomic E-state index is 11.8. The van der Waals surface area contributed by atoms with Crippen molar-refractivity contribution in [1.82, 2.24) is 0 Å². The van der Waals surface area contributed by atoms with E-state index in [1.54, 1.807) is 12.1 Å². The van der Waals surface area contributed by atoms with E-state index < -0.39 is 0 Å². The van der Waals surface area contributed by atoms with Gasteiger partial charge in [0, 0.05) is 0 Å².